The van der Waals surface area contributed by atoms with E-state index in [1.807, 2.05) is 18.4 Å². The number of thiocarbonyl (C=S) groups is 1. The van der Waals surface area contributed by atoms with Crippen molar-refractivity contribution >= 4 is 35.0 Å². The van der Waals surface area contributed by atoms with E-state index >= 15 is 0 Å². The first-order chi connectivity index (χ1) is 5.36. The Bertz CT molecular complexity index is 292. The third-order valence-electron chi connectivity index (χ3n) is 1.08. The molecule has 11 heavy (non-hydrogen) atoms. The highest BCUT2D eigenvalue weighted by molar-refractivity contribution is 7.98. The summed E-state index contributed by atoms with van der Waals surface area (Å²) in [4.78, 5) is 7.90. The molecule has 0 atom stereocenters. The van der Waals surface area contributed by atoms with Crippen LogP contribution in [0.15, 0.2) is 28.2 Å². The van der Waals surface area contributed by atoms with E-state index in [1.54, 1.807) is 17.8 Å². The predicted octanol–water partition coefficient (Wildman–Crippen LogP) is 2.54. The maximum Gasteiger partial charge on any atom is 0.163 e. The molecule has 0 aromatic carbocycles. The lowest BCUT2D eigenvalue weighted by Crippen LogP contribution is -1.76. The normalized spacial score (nSPS) is 8.82. The number of isothiocyanates is 1. The standard InChI is InChI=1S/C7H6N2S2/c1-11-7-4-2-3-6(9-7)8-5-10/h2-4H,1H3. The molecule has 0 saturated heterocycles. The zero-order valence-electron chi connectivity index (χ0n) is 5.94. The van der Waals surface area contributed by atoms with Crippen LogP contribution in [0.25, 0.3) is 0 Å². The largest absolute Gasteiger partial charge is 0.222 e. The van der Waals surface area contributed by atoms with Crippen molar-refractivity contribution < 1.29 is 0 Å². The molecular weight excluding hydrogens is 176 g/mol. The Morgan fingerprint density at radius 3 is 3.09 bits per heavy atom. The molecule has 0 aliphatic heterocycles. The van der Waals surface area contributed by atoms with Crippen LogP contribution in [0.4, 0.5) is 5.82 Å². The van der Waals surface area contributed by atoms with Crippen LogP contribution < -0.4 is 0 Å². The van der Waals surface area contributed by atoms with E-state index in [0.29, 0.717) is 5.82 Å². The van der Waals surface area contributed by atoms with Crippen LogP contribution in [0.3, 0.4) is 0 Å². The summed E-state index contributed by atoms with van der Waals surface area (Å²) in [5.41, 5.74) is 0. The molecule has 1 aromatic heterocycles. The fraction of sp³-hybridized carbons (Fsp3) is 0.143. The summed E-state index contributed by atoms with van der Waals surface area (Å²) in [6, 6.07) is 5.61. The van der Waals surface area contributed by atoms with Gasteiger partial charge >= 0.3 is 0 Å². The molecule has 1 rings (SSSR count). The van der Waals surface area contributed by atoms with E-state index in [0.717, 1.165) is 5.03 Å². The van der Waals surface area contributed by atoms with Crippen LogP contribution in [0.2, 0.25) is 0 Å². The predicted molar refractivity (Wildman–Crippen MR) is 50.7 cm³/mol. The van der Waals surface area contributed by atoms with Gasteiger partial charge in [-0.25, -0.2) is 4.98 Å². The van der Waals surface area contributed by atoms with Gasteiger partial charge in [-0.2, -0.15) is 4.99 Å². The first kappa shape index (κ1) is 8.40. The lowest BCUT2D eigenvalue weighted by atomic mass is 10.5. The highest BCUT2D eigenvalue weighted by Crippen LogP contribution is 2.15. The van der Waals surface area contributed by atoms with Crippen molar-refractivity contribution in [3.8, 4) is 0 Å². The number of hydrogen-bond donors (Lipinski definition) is 0. The molecule has 4 heteroatoms. The van der Waals surface area contributed by atoms with E-state index in [1.165, 1.54) is 0 Å². The third-order valence-corrected chi connectivity index (χ3v) is 1.82. The zero-order chi connectivity index (χ0) is 8.10. The van der Waals surface area contributed by atoms with Gasteiger partial charge in [0.2, 0.25) is 0 Å². The molecule has 1 heterocycles. The second-order valence-electron chi connectivity index (χ2n) is 1.74. The van der Waals surface area contributed by atoms with Gasteiger partial charge in [0.25, 0.3) is 0 Å². The fourth-order valence-electron chi connectivity index (χ4n) is 0.627. The van der Waals surface area contributed by atoms with Crippen molar-refractivity contribution in [1.82, 2.24) is 4.98 Å². The average Bonchev–Trinajstić information content (AvgIpc) is 2.06. The van der Waals surface area contributed by atoms with E-state index in [2.05, 4.69) is 27.4 Å². The van der Waals surface area contributed by atoms with Crippen molar-refractivity contribution in [1.29, 1.82) is 0 Å². The first-order valence-corrected chi connectivity index (χ1v) is 4.59. The number of aliphatic imine (C=N–C) groups is 1. The molecule has 0 aliphatic carbocycles. The van der Waals surface area contributed by atoms with E-state index in [4.69, 9.17) is 0 Å². The molecule has 0 saturated carbocycles. The lowest BCUT2D eigenvalue weighted by Gasteiger charge is -1.93. The van der Waals surface area contributed by atoms with Crippen molar-refractivity contribution in [3.63, 3.8) is 0 Å². The zero-order valence-corrected chi connectivity index (χ0v) is 7.58. The van der Waals surface area contributed by atoms with Gasteiger partial charge in [0.15, 0.2) is 5.82 Å². The second kappa shape index (κ2) is 4.23. The average molecular weight is 182 g/mol. The second-order valence-corrected chi connectivity index (χ2v) is 2.75. The minimum atomic E-state index is 0.617. The van der Waals surface area contributed by atoms with Crippen LogP contribution in [0.1, 0.15) is 0 Å². The SMILES string of the molecule is CSc1cccc(N=C=S)n1. The maximum atomic E-state index is 4.45. The Morgan fingerprint density at radius 2 is 2.45 bits per heavy atom. The summed E-state index contributed by atoms with van der Waals surface area (Å²) >= 11 is 6.03. The minimum absolute atomic E-state index is 0.617. The van der Waals surface area contributed by atoms with E-state index in [9.17, 15) is 0 Å². The highest BCUT2D eigenvalue weighted by atomic mass is 32.2. The Balaban J connectivity index is 3.00. The molecule has 0 aliphatic rings. The van der Waals surface area contributed by atoms with E-state index < -0.39 is 0 Å². The number of thioether (sulfide) groups is 1. The number of hydrogen-bond acceptors (Lipinski definition) is 4. The van der Waals surface area contributed by atoms with Crippen molar-refractivity contribution in [2.45, 2.75) is 5.03 Å². The smallest absolute Gasteiger partial charge is 0.163 e. The van der Waals surface area contributed by atoms with Gasteiger partial charge in [-0.05, 0) is 30.6 Å². The van der Waals surface area contributed by atoms with Crippen LogP contribution in [0, 0.1) is 0 Å². The van der Waals surface area contributed by atoms with Gasteiger partial charge in [-0.1, -0.05) is 6.07 Å². The summed E-state index contributed by atoms with van der Waals surface area (Å²) < 4.78 is 0. The Hall–Kier alpha value is -0.700. The molecule has 1 aromatic rings. The molecule has 0 radical (unpaired) electrons. The highest BCUT2D eigenvalue weighted by Gasteiger charge is 1.91. The summed E-state index contributed by atoms with van der Waals surface area (Å²) in [5.74, 6) is 0.617. The molecule has 56 valence electrons. The molecule has 0 N–H and O–H groups in total. The molecule has 0 unspecified atom stereocenters. The quantitative estimate of drug-likeness (QED) is 0.399. The maximum absolute atomic E-state index is 4.45. The van der Waals surface area contributed by atoms with Gasteiger partial charge in [-0.3, -0.25) is 0 Å². The van der Waals surface area contributed by atoms with Crippen LogP contribution in [0.5, 0.6) is 0 Å². The fourth-order valence-corrected chi connectivity index (χ4v) is 1.12. The van der Waals surface area contributed by atoms with Crippen molar-refractivity contribution in [3.05, 3.63) is 18.2 Å². The van der Waals surface area contributed by atoms with Crippen molar-refractivity contribution in [2.24, 2.45) is 4.99 Å². The number of pyridine rings is 1. The molecule has 0 spiro atoms. The monoisotopic (exact) mass is 182 g/mol. The molecule has 0 fully saturated rings. The topological polar surface area (TPSA) is 25.2 Å². The number of rotatable bonds is 2. The minimum Gasteiger partial charge on any atom is -0.222 e. The van der Waals surface area contributed by atoms with Crippen molar-refractivity contribution in [2.75, 3.05) is 6.26 Å². The Labute approximate surface area is 74.8 Å². The summed E-state index contributed by atoms with van der Waals surface area (Å²) in [5, 5.41) is 3.21. The summed E-state index contributed by atoms with van der Waals surface area (Å²) in [7, 11) is 0. The Morgan fingerprint density at radius 1 is 1.64 bits per heavy atom. The molecule has 2 nitrogen and oxygen atoms in total. The molecular formula is C7H6N2S2. The van der Waals surface area contributed by atoms with Gasteiger partial charge in [0.05, 0.1) is 10.2 Å². The molecule has 0 bridgehead atoms. The Kier molecular flexibility index (Phi) is 3.23. The third kappa shape index (κ3) is 2.42. The van der Waals surface area contributed by atoms with Gasteiger partial charge in [-0.15, -0.1) is 11.8 Å². The first-order valence-electron chi connectivity index (χ1n) is 2.95. The van der Waals surface area contributed by atoms with Crippen LogP contribution in [-0.4, -0.2) is 16.4 Å². The molecule has 0 amide bonds. The van der Waals surface area contributed by atoms with E-state index in [-0.39, 0.29) is 0 Å². The number of aromatic nitrogens is 1. The van der Waals surface area contributed by atoms with Crippen LogP contribution >= 0.6 is 24.0 Å². The lowest BCUT2D eigenvalue weighted by molar-refractivity contribution is 1.12. The van der Waals surface area contributed by atoms with Gasteiger partial charge in [0, 0.05) is 0 Å². The van der Waals surface area contributed by atoms with Gasteiger partial charge < -0.3 is 0 Å². The number of nitrogens with zero attached hydrogens (tertiary/aromatic N) is 2. The summed E-state index contributed by atoms with van der Waals surface area (Å²) in [6.07, 6.45) is 1.97. The van der Waals surface area contributed by atoms with Crippen LogP contribution in [-0.2, 0) is 0 Å². The summed E-state index contributed by atoms with van der Waals surface area (Å²) in [6.45, 7) is 0. The van der Waals surface area contributed by atoms with Gasteiger partial charge in [0.1, 0.15) is 0 Å².